The number of benzene rings is 1. The molecular weight excluding hydrogens is 226 g/mol. The van der Waals surface area contributed by atoms with Crippen LogP contribution in [0.5, 0.6) is 5.75 Å². The molecule has 4 nitrogen and oxygen atoms in total. The van der Waals surface area contributed by atoms with Crippen LogP contribution in [-0.4, -0.2) is 21.4 Å². The predicted octanol–water partition coefficient (Wildman–Crippen LogP) is 2.00. The standard InChI is InChI=1S/C11H10ClN3O/c12-5-11-14-13-7-15(11)9-6-16-10-4-2-1-3-8(9)10/h1-4,7,9H,5-6H2. The first kappa shape index (κ1) is 9.66. The summed E-state index contributed by atoms with van der Waals surface area (Å²) in [5, 5.41) is 7.86. The average Bonchev–Trinajstić information content (AvgIpc) is 2.94. The molecule has 1 aliphatic heterocycles. The molecule has 5 heteroatoms. The van der Waals surface area contributed by atoms with E-state index in [-0.39, 0.29) is 6.04 Å². The van der Waals surface area contributed by atoms with E-state index in [4.69, 9.17) is 16.3 Å². The second-order valence-corrected chi connectivity index (χ2v) is 3.92. The lowest BCUT2D eigenvalue weighted by atomic mass is 10.1. The Bertz CT molecular complexity index is 511. The van der Waals surface area contributed by atoms with E-state index in [0.29, 0.717) is 12.5 Å². The van der Waals surface area contributed by atoms with Crippen LogP contribution in [0, 0.1) is 0 Å². The zero-order valence-corrected chi connectivity index (χ0v) is 9.26. The van der Waals surface area contributed by atoms with Crippen molar-refractivity contribution in [3.8, 4) is 5.75 Å². The Morgan fingerprint density at radius 1 is 1.44 bits per heavy atom. The fraction of sp³-hybridized carbons (Fsp3) is 0.273. The first-order valence-corrected chi connectivity index (χ1v) is 5.59. The van der Waals surface area contributed by atoms with Crippen molar-refractivity contribution in [3.05, 3.63) is 42.0 Å². The van der Waals surface area contributed by atoms with E-state index in [9.17, 15) is 0 Å². The molecule has 0 aliphatic carbocycles. The van der Waals surface area contributed by atoms with Gasteiger partial charge in [0.05, 0.1) is 11.9 Å². The SMILES string of the molecule is ClCc1nncn1C1COc2ccccc21. The fourth-order valence-corrected chi connectivity index (χ4v) is 2.19. The van der Waals surface area contributed by atoms with Gasteiger partial charge in [-0.25, -0.2) is 0 Å². The first-order valence-electron chi connectivity index (χ1n) is 5.06. The molecule has 1 atom stereocenters. The van der Waals surface area contributed by atoms with E-state index < -0.39 is 0 Å². The van der Waals surface area contributed by atoms with E-state index in [1.54, 1.807) is 6.33 Å². The third kappa shape index (κ3) is 1.38. The van der Waals surface area contributed by atoms with E-state index in [2.05, 4.69) is 16.3 Å². The third-order valence-electron chi connectivity index (χ3n) is 2.78. The molecule has 0 saturated heterocycles. The van der Waals surface area contributed by atoms with Crippen molar-refractivity contribution in [1.29, 1.82) is 0 Å². The van der Waals surface area contributed by atoms with Crippen LogP contribution >= 0.6 is 11.6 Å². The van der Waals surface area contributed by atoms with Gasteiger partial charge in [-0.15, -0.1) is 21.8 Å². The molecule has 0 N–H and O–H groups in total. The Hall–Kier alpha value is -1.55. The van der Waals surface area contributed by atoms with E-state index in [0.717, 1.165) is 17.1 Å². The zero-order chi connectivity index (χ0) is 11.0. The number of ether oxygens (including phenoxy) is 1. The van der Waals surface area contributed by atoms with E-state index in [1.807, 2.05) is 22.8 Å². The Kier molecular flexibility index (Phi) is 2.29. The molecule has 0 fully saturated rings. The van der Waals surface area contributed by atoms with Gasteiger partial charge in [-0.1, -0.05) is 18.2 Å². The maximum Gasteiger partial charge on any atom is 0.148 e. The molecule has 1 unspecified atom stereocenters. The van der Waals surface area contributed by atoms with Crippen molar-refractivity contribution in [2.24, 2.45) is 0 Å². The van der Waals surface area contributed by atoms with Gasteiger partial charge in [0.1, 0.15) is 24.5 Å². The minimum Gasteiger partial charge on any atom is -0.491 e. The number of hydrogen-bond donors (Lipinski definition) is 0. The van der Waals surface area contributed by atoms with Crippen molar-refractivity contribution < 1.29 is 4.74 Å². The normalized spacial score (nSPS) is 18.2. The lowest BCUT2D eigenvalue weighted by molar-refractivity contribution is 0.314. The fourth-order valence-electron chi connectivity index (χ4n) is 2.00. The van der Waals surface area contributed by atoms with Crippen molar-refractivity contribution in [2.45, 2.75) is 11.9 Å². The Morgan fingerprint density at radius 3 is 3.19 bits per heavy atom. The van der Waals surface area contributed by atoms with Crippen molar-refractivity contribution in [2.75, 3.05) is 6.61 Å². The van der Waals surface area contributed by atoms with Crippen molar-refractivity contribution in [3.63, 3.8) is 0 Å². The van der Waals surface area contributed by atoms with E-state index >= 15 is 0 Å². The summed E-state index contributed by atoms with van der Waals surface area (Å²) in [6.45, 7) is 0.612. The quantitative estimate of drug-likeness (QED) is 0.748. The summed E-state index contributed by atoms with van der Waals surface area (Å²) in [6.07, 6.45) is 1.70. The largest absolute Gasteiger partial charge is 0.491 e. The number of aromatic nitrogens is 3. The maximum absolute atomic E-state index is 5.81. The van der Waals surface area contributed by atoms with Crippen LogP contribution in [0.4, 0.5) is 0 Å². The Morgan fingerprint density at radius 2 is 2.31 bits per heavy atom. The van der Waals surface area contributed by atoms with Gasteiger partial charge in [0.25, 0.3) is 0 Å². The molecule has 1 aromatic heterocycles. The van der Waals surface area contributed by atoms with Gasteiger partial charge in [0.2, 0.25) is 0 Å². The number of rotatable bonds is 2. The molecule has 2 aromatic rings. The Labute approximate surface area is 97.8 Å². The molecule has 1 aliphatic rings. The van der Waals surface area contributed by atoms with Gasteiger partial charge in [-0.3, -0.25) is 0 Å². The number of nitrogens with zero attached hydrogens (tertiary/aromatic N) is 3. The zero-order valence-electron chi connectivity index (χ0n) is 8.51. The van der Waals surface area contributed by atoms with Gasteiger partial charge >= 0.3 is 0 Å². The predicted molar refractivity (Wildman–Crippen MR) is 59.7 cm³/mol. The van der Waals surface area contributed by atoms with Gasteiger partial charge in [0, 0.05) is 5.56 Å². The van der Waals surface area contributed by atoms with Crippen LogP contribution in [0.25, 0.3) is 0 Å². The summed E-state index contributed by atoms with van der Waals surface area (Å²) in [6, 6.07) is 8.14. The number of halogens is 1. The lowest BCUT2D eigenvalue weighted by Crippen LogP contribution is -2.13. The molecule has 1 aromatic carbocycles. The van der Waals surface area contributed by atoms with Crippen LogP contribution in [0.1, 0.15) is 17.4 Å². The van der Waals surface area contributed by atoms with Gasteiger partial charge in [-0.2, -0.15) is 0 Å². The van der Waals surface area contributed by atoms with Crippen LogP contribution in [0.3, 0.4) is 0 Å². The summed E-state index contributed by atoms with van der Waals surface area (Å²) in [5.41, 5.74) is 1.16. The second-order valence-electron chi connectivity index (χ2n) is 3.65. The summed E-state index contributed by atoms with van der Waals surface area (Å²) in [5.74, 6) is 2.06. The van der Waals surface area contributed by atoms with Gasteiger partial charge in [-0.05, 0) is 6.07 Å². The molecule has 3 rings (SSSR count). The van der Waals surface area contributed by atoms with Gasteiger partial charge in [0.15, 0.2) is 0 Å². The highest BCUT2D eigenvalue weighted by molar-refractivity contribution is 6.16. The van der Waals surface area contributed by atoms with Crippen LogP contribution < -0.4 is 4.74 Å². The summed E-state index contributed by atoms with van der Waals surface area (Å²) in [7, 11) is 0. The molecule has 0 amide bonds. The van der Waals surface area contributed by atoms with Gasteiger partial charge < -0.3 is 9.30 Å². The molecule has 0 radical (unpaired) electrons. The monoisotopic (exact) mass is 235 g/mol. The second kappa shape index (κ2) is 3.79. The topological polar surface area (TPSA) is 39.9 Å². The maximum atomic E-state index is 5.81. The first-order chi connectivity index (χ1) is 7.90. The smallest absolute Gasteiger partial charge is 0.148 e. The molecular formula is C11H10ClN3O. The lowest BCUT2D eigenvalue weighted by Gasteiger charge is -2.11. The average molecular weight is 236 g/mol. The number of alkyl halides is 1. The minimum absolute atomic E-state index is 0.139. The number of para-hydroxylation sites is 1. The summed E-state index contributed by atoms with van der Waals surface area (Å²) < 4.78 is 7.59. The molecule has 0 saturated carbocycles. The molecule has 2 heterocycles. The Balaban J connectivity index is 2.04. The van der Waals surface area contributed by atoms with Crippen LogP contribution in [0.2, 0.25) is 0 Å². The molecule has 0 bridgehead atoms. The van der Waals surface area contributed by atoms with Crippen molar-refractivity contribution >= 4 is 11.6 Å². The van der Waals surface area contributed by atoms with Crippen LogP contribution in [0.15, 0.2) is 30.6 Å². The summed E-state index contributed by atoms with van der Waals surface area (Å²) in [4.78, 5) is 0. The molecule has 0 spiro atoms. The number of hydrogen-bond acceptors (Lipinski definition) is 3. The third-order valence-corrected chi connectivity index (χ3v) is 3.02. The minimum atomic E-state index is 0.139. The van der Waals surface area contributed by atoms with E-state index in [1.165, 1.54) is 0 Å². The highest BCUT2D eigenvalue weighted by atomic mass is 35.5. The highest BCUT2D eigenvalue weighted by Crippen LogP contribution is 2.34. The number of fused-ring (bicyclic) bond motifs is 1. The van der Waals surface area contributed by atoms with Crippen LogP contribution in [-0.2, 0) is 5.88 Å². The molecule has 16 heavy (non-hydrogen) atoms. The summed E-state index contributed by atoms with van der Waals surface area (Å²) >= 11 is 5.81. The molecule has 82 valence electrons. The van der Waals surface area contributed by atoms with Crippen molar-refractivity contribution in [1.82, 2.24) is 14.8 Å². The highest BCUT2D eigenvalue weighted by Gasteiger charge is 2.26.